The van der Waals surface area contributed by atoms with Crippen LogP contribution in [0.2, 0.25) is 0 Å². The van der Waals surface area contributed by atoms with E-state index in [0.717, 1.165) is 5.56 Å². The number of sulfonamides is 1. The Morgan fingerprint density at radius 3 is 2.46 bits per heavy atom. The molecule has 1 fully saturated rings. The predicted molar refractivity (Wildman–Crippen MR) is 95.7 cm³/mol. The number of rotatable bonds is 4. The Morgan fingerprint density at radius 2 is 1.92 bits per heavy atom. The van der Waals surface area contributed by atoms with Gasteiger partial charge in [-0.25, -0.2) is 13.4 Å². The fourth-order valence-corrected chi connectivity index (χ4v) is 4.68. The molecule has 132 valence electrons. The zero-order valence-corrected chi connectivity index (χ0v) is 15.4. The van der Waals surface area contributed by atoms with Gasteiger partial charge in [0.1, 0.15) is 5.82 Å². The van der Waals surface area contributed by atoms with E-state index in [4.69, 9.17) is 5.73 Å². The van der Waals surface area contributed by atoms with Gasteiger partial charge in [-0.05, 0) is 24.9 Å². The molecule has 2 atom stereocenters. The van der Waals surface area contributed by atoms with Crippen molar-refractivity contribution >= 4 is 22.4 Å². The van der Waals surface area contributed by atoms with Gasteiger partial charge in [0, 0.05) is 32.3 Å². The number of imidazole rings is 1. The fourth-order valence-electron chi connectivity index (χ4n) is 3.13. The SMILES string of the molecule is Cc1nc(S(=O)(=O)N2C[C@@H](CN)[C@H](c3ccccc3)C2)cn1C.Cl. The van der Waals surface area contributed by atoms with Gasteiger partial charge < -0.3 is 10.3 Å². The lowest BCUT2D eigenvalue weighted by atomic mass is 9.89. The highest BCUT2D eigenvalue weighted by Gasteiger charge is 2.40. The first-order chi connectivity index (χ1) is 10.9. The minimum absolute atomic E-state index is 0. The van der Waals surface area contributed by atoms with E-state index in [2.05, 4.69) is 4.98 Å². The monoisotopic (exact) mass is 370 g/mol. The second kappa shape index (κ2) is 7.23. The van der Waals surface area contributed by atoms with Crippen molar-refractivity contribution in [2.45, 2.75) is 17.9 Å². The van der Waals surface area contributed by atoms with E-state index in [1.165, 1.54) is 4.31 Å². The fraction of sp³-hybridized carbons (Fsp3) is 0.438. The minimum atomic E-state index is -3.58. The third kappa shape index (κ3) is 3.35. The van der Waals surface area contributed by atoms with Gasteiger partial charge in [-0.15, -0.1) is 12.4 Å². The molecule has 6 nitrogen and oxygen atoms in total. The molecule has 0 radical (unpaired) electrons. The van der Waals surface area contributed by atoms with Crippen molar-refractivity contribution in [3.8, 4) is 0 Å². The normalized spacial score (nSPS) is 21.6. The summed E-state index contributed by atoms with van der Waals surface area (Å²) in [5.74, 6) is 0.926. The van der Waals surface area contributed by atoms with E-state index < -0.39 is 10.0 Å². The van der Waals surface area contributed by atoms with Gasteiger partial charge in [0.2, 0.25) is 0 Å². The van der Waals surface area contributed by atoms with Crippen molar-refractivity contribution in [2.75, 3.05) is 19.6 Å². The topological polar surface area (TPSA) is 81.2 Å². The molecule has 2 aromatic rings. The number of halogens is 1. The zero-order valence-electron chi connectivity index (χ0n) is 13.8. The molecule has 1 saturated heterocycles. The zero-order chi connectivity index (χ0) is 16.6. The maximum atomic E-state index is 12.8. The molecule has 3 rings (SSSR count). The summed E-state index contributed by atoms with van der Waals surface area (Å²) in [5.41, 5.74) is 7.03. The smallest absolute Gasteiger partial charge is 0.262 e. The average Bonchev–Trinajstić information content (AvgIpc) is 3.13. The van der Waals surface area contributed by atoms with Crippen LogP contribution in [0.1, 0.15) is 17.3 Å². The van der Waals surface area contributed by atoms with Crippen molar-refractivity contribution in [2.24, 2.45) is 18.7 Å². The Hall–Kier alpha value is -1.41. The van der Waals surface area contributed by atoms with Gasteiger partial charge in [-0.2, -0.15) is 4.31 Å². The Labute approximate surface area is 149 Å². The number of nitrogens with two attached hydrogens (primary N) is 1. The second-order valence-corrected chi connectivity index (χ2v) is 7.96. The second-order valence-electron chi connectivity index (χ2n) is 6.07. The summed E-state index contributed by atoms with van der Waals surface area (Å²) in [4.78, 5) is 4.18. The van der Waals surface area contributed by atoms with E-state index >= 15 is 0 Å². The van der Waals surface area contributed by atoms with Crippen LogP contribution in [-0.2, 0) is 17.1 Å². The predicted octanol–water partition coefficient (Wildman–Crippen LogP) is 1.51. The van der Waals surface area contributed by atoms with E-state index in [-0.39, 0.29) is 29.3 Å². The summed E-state index contributed by atoms with van der Waals surface area (Å²) < 4.78 is 28.9. The summed E-state index contributed by atoms with van der Waals surface area (Å²) in [6, 6.07) is 9.98. The van der Waals surface area contributed by atoms with Crippen molar-refractivity contribution in [1.29, 1.82) is 0 Å². The van der Waals surface area contributed by atoms with Crippen LogP contribution in [0.4, 0.5) is 0 Å². The van der Waals surface area contributed by atoms with Gasteiger partial charge >= 0.3 is 0 Å². The molecule has 1 aromatic heterocycles. The molecule has 8 heteroatoms. The number of nitrogens with zero attached hydrogens (tertiary/aromatic N) is 3. The molecule has 0 amide bonds. The van der Waals surface area contributed by atoms with E-state index in [0.29, 0.717) is 25.5 Å². The number of hydrogen-bond donors (Lipinski definition) is 1. The third-order valence-corrected chi connectivity index (χ3v) is 6.33. The van der Waals surface area contributed by atoms with Crippen LogP contribution in [0.15, 0.2) is 41.6 Å². The Bertz CT molecular complexity index is 772. The maximum Gasteiger partial charge on any atom is 0.262 e. The quantitative estimate of drug-likeness (QED) is 0.884. The van der Waals surface area contributed by atoms with Crippen LogP contribution in [0.5, 0.6) is 0 Å². The molecule has 1 aliphatic heterocycles. The first-order valence-corrected chi connectivity index (χ1v) is 9.12. The largest absolute Gasteiger partial charge is 0.337 e. The molecular weight excluding hydrogens is 348 g/mol. The van der Waals surface area contributed by atoms with Crippen LogP contribution in [0.3, 0.4) is 0 Å². The lowest BCUT2D eigenvalue weighted by Gasteiger charge is -2.16. The Morgan fingerprint density at radius 1 is 1.25 bits per heavy atom. The number of aromatic nitrogens is 2. The van der Waals surface area contributed by atoms with Crippen LogP contribution >= 0.6 is 12.4 Å². The first kappa shape index (κ1) is 18.9. The molecule has 2 N–H and O–H groups in total. The maximum absolute atomic E-state index is 12.8. The standard InChI is InChI=1S/C16H22N4O2S.ClH/c1-12-18-16(11-19(12)2)23(21,22)20-9-14(8-17)15(10-20)13-6-4-3-5-7-13;/h3-7,11,14-15H,8-10,17H2,1-2H3;1H/t14-,15+;/m1./s1. The summed E-state index contributed by atoms with van der Waals surface area (Å²) in [7, 11) is -1.79. The van der Waals surface area contributed by atoms with Gasteiger partial charge in [0.05, 0.1) is 0 Å². The number of aryl methyl sites for hydroxylation is 2. The van der Waals surface area contributed by atoms with Gasteiger partial charge in [-0.1, -0.05) is 30.3 Å². The molecule has 0 aliphatic carbocycles. The van der Waals surface area contributed by atoms with Crippen LogP contribution in [-0.4, -0.2) is 41.9 Å². The molecule has 1 aromatic carbocycles. The highest BCUT2D eigenvalue weighted by molar-refractivity contribution is 7.89. The molecular formula is C16H23ClN4O2S. The molecule has 24 heavy (non-hydrogen) atoms. The molecule has 0 unspecified atom stereocenters. The molecule has 2 heterocycles. The molecule has 0 saturated carbocycles. The molecule has 0 spiro atoms. The number of benzene rings is 1. The van der Waals surface area contributed by atoms with Crippen molar-refractivity contribution in [3.05, 3.63) is 47.9 Å². The van der Waals surface area contributed by atoms with Gasteiger partial charge in [0.25, 0.3) is 10.0 Å². The van der Waals surface area contributed by atoms with Crippen LogP contribution in [0.25, 0.3) is 0 Å². The molecule has 1 aliphatic rings. The van der Waals surface area contributed by atoms with Gasteiger partial charge in [-0.3, -0.25) is 0 Å². The summed E-state index contributed by atoms with van der Waals surface area (Å²) in [6.45, 7) is 3.14. The van der Waals surface area contributed by atoms with Crippen LogP contribution < -0.4 is 5.73 Å². The van der Waals surface area contributed by atoms with Crippen molar-refractivity contribution in [1.82, 2.24) is 13.9 Å². The van der Waals surface area contributed by atoms with Crippen LogP contribution in [0, 0.1) is 12.8 Å². The summed E-state index contributed by atoms with van der Waals surface area (Å²) in [5, 5.41) is 0.113. The molecule has 0 bridgehead atoms. The van der Waals surface area contributed by atoms with Crippen molar-refractivity contribution < 1.29 is 8.42 Å². The Balaban J connectivity index is 0.00000208. The third-order valence-electron chi connectivity index (χ3n) is 4.63. The Kier molecular flexibility index (Phi) is 5.70. The summed E-state index contributed by atoms with van der Waals surface area (Å²) in [6.07, 6.45) is 1.57. The number of hydrogen-bond acceptors (Lipinski definition) is 4. The lowest BCUT2D eigenvalue weighted by Crippen LogP contribution is -2.30. The first-order valence-electron chi connectivity index (χ1n) is 7.68. The van der Waals surface area contributed by atoms with Gasteiger partial charge in [0.15, 0.2) is 5.03 Å². The average molecular weight is 371 g/mol. The minimum Gasteiger partial charge on any atom is -0.337 e. The lowest BCUT2D eigenvalue weighted by molar-refractivity contribution is 0.456. The highest BCUT2D eigenvalue weighted by Crippen LogP contribution is 2.34. The highest BCUT2D eigenvalue weighted by atomic mass is 35.5. The van der Waals surface area contributed by atoms with E-state index in [1.54, 1.807) is 24.7 Å². The van der Waals surface area contributed by atoms with E-state index in [9.17, 15) is 8.42 Å². The van der Waals surface area contributed by atoms with E-state index in [1.807, 2.05) is 30.3 Å². The van der Waals surface area contributed by atoms with Crippen molar-refractivity contribution in [3.63, 3.8) is 0 Å². The summed E-state index contributed by atoms with van der Waals surface area (Å²) >= 11 is 0.